The van der Waals surface area contributed by atoms with E-state index in [1.54, 1.807) is 23.2 Å². The number of para-hydroxylation sites is 1. The summed E-state index contributed by atoms with van der Waals surface area (Å²) < 4.78 is 3.58. The van der Waals surface area contributed by atoms with Crippen LogP contribution in [0.5, 0.6) is 0 Å². The van der Waals surface area contributed by atoms with Crippen LogP contribution in [0.25, 0.3) is 27.1 Å². The molecule has 0 unspecified atom stereocenters. The van der Waals surface area contributed by atoms with Crippen molar-refractivity contribution >= 4 is 50.0 Å². The summed E-state index contributed by atoms with van der Waals surface area (Å²) in [7, 11) is 0. The Kier molecular flexibility index (Phi) is 4.73. The third-order valence-electron chi connectivity index (χ3n) is 4.67. The number of hydrogen-bond donors (Lipinski definition) is 0. The molecule has 0 spiro atoms. The third kappa shape index (κ3) is 3.24. The van der Waals surface area contributed by atoms with E-state index in [2.05, 4.69) is 47.9 Å². The normalized spacial score (nSPS) is 11.5. The van der Waals surface area contributed by atoms with E-state index < -0.39 is 0 Å². The van der Waals surface area contributed by atoms with Crippen LogP contribution >= 0.6 is 11.3 Å². The second kappa shape index (κ2) is 7.33. The molecule has 0 radical (unpaired) electrons. The van der Waals surface area contributed by atoms with Crippen LogP contribution in [0.3, 0.4) is 0 Å². The molecule has 0 aliphatic heterocycles. The van der Waals surface area contributed by atoms with Gasteiger partial charge in [0.15, 0.2) is 0 Å². The third-order valence-corrected chi connectivity index (χ3v) is 5.79. The van der Waals surface area contributed by atoms with Crippen LogP contribution in [0.15, 0.2) is 72.9 Å². The average Bonchev–Trinajstić information content (AvgIpc) is 3.06. The molecule has 0 bridgehead atoms. The van der Waals surface area contributed by atoms with Gasteiger partial charge in [-0.3, -0.25) is 9.69 Å². The molecule has 0 aliphatic rings. The number of fused-ring (bicyclic) bond motifs is 3. The number of benzene rings is 3. The fourth-order valence-corrected chi connectivity index (χ4v) is 4.55. The van der Waals surface area contributed by atoms with Gasteiger partial charge in [-0.2, -0.15) is 4.57 Å². The number of carbonyl (C=O) groups is 1. The highest BCUT2D eigenvalue weighted by molar-refractivity contribution is 7.19. The Morgan fingerprint density at radius 1 is 1.04 bits per heavy atom. The Bertz CT molecular complexity index is 1150. The molecule has 4 rings (SSSR count). The lowest BCUT2D eigenvalue weighted by molar-refractivity contribution is -0.664. The van der Waals surface area contributed by atoms with Crippen LogP contribution in [0.4, 0.5) is 5.69 Å². The molecular weight excluding hydrogens is 352 g/mol. The molecule has 27 heavy (non-hydrogen) atoms. The van der Waals surface area contributed by atoms with Crippen molar-refractivity contribution in [2.75, 3.05) is 4.90 Å². The zero-order valence-electron chi connectivity index (χ0n) is 15.4. The van der Waals surface area contributed by atoms with Crippen LogP contribution in [-0.2, 0) is 11.3 Å². The molecule has 0 atom stereocenters. The number of carbonyl (C=O) groups excluding carboxylic acids is 1. The maximum atomic E-state index is 12.1. The van der Waals surface area contributed by atoms with Crippen LogP contribution < -0.4 is 9.47 Å². The lowest BCUT2D eigenvalue weighted by atomic mass is 10.1. The minimum Gasteiger partial charge on any atom is -0.288 e. The fourth-order valence-electron chi connectivity index (χ4n) is 3.41. The molecule has 0 N–H and O–H groups in total. The van der Waals surface area contributed by atoms with E-state index >= 15 is 0 Å². The van der Waals surface area contributed by atoms with Crippen molar-refractivity contribution in [3.63, 3.8) is 0 Å². The standard InChI is InChI=1S/C23H21N2OS/c1-3-24-22(15-16-25(17(2)26)19-10-5-4-6-11-19)27-21-14-13-18-9-7-8-12-20(18)23(21)24/h4-16H,3H2,1-2H3/q+1. The summed E-state index contributed by atoms with van der Waals surface area (Å²) in [6.45, 7) is 4.62. The molecule has 0 saturated carbocycles. The molecular formula is C23H21N2OS+. The van der Waals surface area contributed by atoms with Crippen LogP contribution in [0.1, 0.15) is 18.9 Å². The largest absolute Gasteiger partial charge is 0.288 e. The first-order valence-corrected chi connectivity index (χ1v) is 9.88. The first-order valence-electron chi connectivity index (χ1n) is 9.06. The van der Waals surface area contributed by atoms with Crippen LogP contribution in [0.2, 0.25) is 0 Å². The molecule has 0 saturated heterocycles. The minimum atomic E-state index is -0.00735. The summed E-state index contributed by atoms with van der Waals surface area (Å²) in [5, 5.41) is 3.64. The zero-order chi connectivity index (χ0) is 18.8. The summed E-state index contributed by atoms with van der Waals surface area (Å²) in [5.41, 5.74) is 2.13. The Balaban J connectivity index is 1.83. The van der Waals surface area contributed by atoms with Gasteiger partial charge in [0.05, 0.1) is 5.39 Å². The molecule has 4 heteroatoms. The second-order valence-corrected chi connectivity index (χ2v) is 7.42. The van der Waals surface area contributed by atoms with E-state index in [9.17, 15) is 4.79 Å². The van der Waals surface area contributed by atoms with Gasteiger partial charge in [-0.05, 0) is 36.6 Å². The molecule has 0 aliphatic carbocycles. The topological polar surface area (TPSA) is 24.2 Å². The highest BCUT2D eigenvalue weighted by atomic mass is 32.1. The van der Waals surface area contributed by atoms with E-state index in [0.29, 0.717) is 0 Å². The summed E-state index contributed by atoms with van der Waals surface area (Å²) in [5.74, 6) is -0.00735. The Labute approximate surface area is 162 Å². The van der Waals surface area contributed by atoms with Gasteiger partial charge in [0.1, 0.15) is 11.2 Å². The van der Waals surface area contributed by atoms with Crippen molar-refractivity contribution in [2.45, 2.75) is 20.4 Å². The SMILES string of the molecule is CC[n+]1c(/C=C/N(C(C)=O)c2ccccc2)sc2ccc3ccccc3c21. The molecule has 134 valence electrons. The van der Waals surface area contributed by atoms with E-state index in [-0.39, 0.29) is 5.91 Å². The van der Waals surface area contributed by atoms with E-state index in [1.165, 1.54) is 21.0 Å². The molecule has 4 aromatic rings. The number of nitrogens with zero attached hydrogens (tertiary/aromatic N) is 2. The Hall–Kier alpha value is -2.98. The predicted molar refractivity (Wildman–Crippen MR) is 114 cm³/mol. The maximum absolute atomic E-state index is 12.1. The second-order valence-electron chi connectivity index (χ2n) is 6.36. The quantitative estimate of drug-likeness (QED) is 0.440. The van der Waals surface area contributed by atoms with Crippen molar-refractivity contribution in [1.29, 1.82) is 0 Å². The fraction of sp³-hybridized carbons (Fsp3) is 0.130. The van der Waals surface area contributed by atoms with Crippen LogP contribution in [0, 0.1) is 0 Å². The molecule has 1 heterocycles. The lowest BCUT2D eigenvalue weighted by Gasteiger charge is -2.15. The molecule has 3 aromatic carbocycles. The van der Waals surface area contributed by atoms with Gasteiger partial charge in [0, 0.05) is 24.9 Å². The molecule has 1 amide bonds. The Morgan fingerprint density at radius 2 is 1.78 bits per heavy atom. The first kappa shape index (κ1) is 17.4. The van der Waals surface area contributed by atoms with Crippen molar-refractivity contribution in [1.82, 2.24) is 0 Å². The number of rotatable bonds is 4. The summed E-state index contributed by atoms with van der Waals surface area (Å²) in [4.78, 5) is 13.8. The lowest BCUT2D eigenvalue weighted by Crippen LogP contribution is -2.33. The number of aryl methyl sites for hydroxylation is 1. The summed E-state index contributed by atoms with van der Waals surface area (Å²) in [6, 6.07) is 22.6. The Morgan fingerprint density at radius 3 is 2.52 bits per heavy atom. The molecule has 3 nitrogen and oxygen atoms in total. The predicted octanol–water partition coefficient (Wildman–Crippen LogP) is 5.39. The summed E-state index contributed by atoms with van der Waals surface area (Å²) >= 11 is 1.75. The van der Waals surface area contributed by atoms with Gasteiger partial charge in [-0.15, -0.1) is 0 Å². The molecule has 1 aromatic heterocycles. The van der Waals surface area contributed by atoms with Gasteiger partial charge in [-0.25, -0.2) is 0 Å². The van der Waals surface area contributed by atoms with E-state index in [1.807, 2.05) is 42.6 Å². The van der Waals surface area contributed by atoms with E-state index in [0.717, 1.165) is 17.2 Å². The highest BCUT2D eigenvalue weighted by Gasteiger charge is 2.20. The number of aromatic nitrogens is 1. The summed E-state index contributed by atoms with van der Waals surface area (Å²) in [6.07, 6.45) is 3.91. The number of hydrogen-bond acceptors (Lipinski definition) is 2. The number of anilines is 1. The van der Waals surface area contributed by atoms with E-state index in [4.69, 9.17) is 0 Å². The van der Waals surface area contributed by atoms with Gasteiger partial charge in [0.25, 0.3) is 5.01 Å². The van der Waals surface area contributed by atoms with Gasteiger partial charge in [-0.1, -0.05) is 53.8 Å². The van der Waals surface area contributed by atoms with Crippen molar-refractivity contribution in [2.24, 2.45) is 0 Å². The van der Waals surface area contributed by atoms with Gasteiger partial charge >= 0.3 is 0 Å². The minimum absolute atomic E-state index is 0.00735. The number of amides is 1. The first-order chi connectivity index (χ1) is 13.2. The number of thiazole rings is 1. The van der Waals surface area contributed by atoms with Gasteiger partial charge < -0.3 is 0 Å². The average molecular weight is 374 g/mol. The monoisotopic (exact) mass is 373 g/mol. The highest BCUT2D eigenvalue weighted by Crippen LogP contribution is 2.29. The van der Waals surface area contributed by atoms with Crippen molar-refractivity contribution in [3.05, 3.63) is 77.9 Å². The van der Waals surface area contributed by atoms with Crippen molar-refractivity contribution < 1.29 is 9.36 Å². The maximum Gasteiger partial charge on any atom is 0.264 e. The van der Waals surface area contributed by atoms with Crippen LogP contribution in [-0.4, -0.2) is 5.91 Å². The van der Waals surface area contributed by atoms with Gasteiger partial charge in [0.2, 0.25) is 11.4 Å². The molecule has 0 fully saturated rings. The smallest absolute Gasteiger partial charge is 0.264 e. The zero-order valence-corrected chi connectivity index (χ0v) is 16.2. The van der Waals surface area contributed by atoms with Crippen molar-refractivity contribution in [3.8, 4) is 0 Å².